The molecule has 645 valence electrons. The predicted molar refractivity (Wildman–Crippen MR) is 536 cm³/mol. The van der Waals surface area contributed by atoms with E-state index in [9.17, 15) is 0 Å². The van der Waals surface area contributed by atoms with Gasteiger partial charge in [0.05, 0.1) is 24.2 Å². The summed E-state index contributed by atoms with van der Waals surface area (Å²) in [5, 5.41) is 12.8. The summed E-state index contributed by atoms with van der Waals surface area (Å²) in [4.78, 5) is 27.2. The molecule has 0 amide bonds. The molecule has 3 aliphatic rings. The van der Waals surface area contributed by atoms with Crippen molar-refractivity contribution in [1.29, 1.82) is 0 Å². The van der Waals surface area contributed by atoms with Crippen molar-refractivity contribution in [3.8, 4) is 67.5 Å². The van der Waals surface area contributed by atoms with Crippen LogP contribution in [0.25, 0.3) is 128 Å². The number of aryl methyl sites for hydroxylation is 3. The summed E-state index contributed by atoms with van der Waals surface area (Å²) >= 11 is 5.73. The third-order valence-corrected chi connectivity index (χ3v) is 34.1. The average molecular weight is 2280 g/mol. The van der Waals surface area contributed by atoms with Crippen LogP contribution in [0.15, 0.2) is 274 Å². The fraction of sp³-hybridized carbons (Fsp3) is 0.243. The molecular weight excluding hydrogens is 2170 g/mol. The first-order valence-corrected chi connectivity index (χ1v) is 56.8. The van der Waals surface area contributed by atoms with Gasteiger partial charge >= 0.3 is 0 Å². The number of aromatic nitrogens is 6. The van der Waals surface area contributed by atoms with Gasteiger partial charge in [-0.1, -0.05) is 238 Å². The molecule has 3 radical (unpaired) electrons. The van der Waals surface area contributed by atoms with Gasteiger partial charge in [0.25, 0.3) is 0 Å². The summed E-state index contributed by atoms with van der Waals surface area (Å²) in [7, 11) is -4.04. The van der Waals surface area contributed by atoms with Crippen molar-refractivity contribution in [3.63, 3.8) is 0 Å². The maximum Gasteiger partial charge on any atom is 0.0794 e. The smallest absolute Gasteiger partial charge is 0.0794 e. The van der Waals surface area contributed by atoms with E-state index in [2.05, 4.69) is 256 Å². The molecule has 21 rings (SSSR count). The van der Waals surface area contributed by atoms with E-state index in [1.807, 2.05) is 183 Å². The molecular formula is C111H108Ir3N6S3Si3-6. The first kappa shape index (κ1) is 94.7. The van der Waals surface area contributed by atoms with E-state index in [4.69, 9.17) is 15.0 Å². The van der Waals surface area contributed by atoms with Crippen molar-refractivity contribution < 1.29 is 60.3 Å². The number of pyridine rings is 6. The van der Waals surface area contributed by atoms with Crippen LogP contribution in [0.5, 0.6) is 0 Å². The zero-order chi connectivity index (χ0) is 85.2. The summed E-state index contributed by atoms with van der Waals surface area (Å²) in [5.41, 5.74) is 20.7. The molecule has 0 unspecified atom stereocenters. The Kier molecular flexibility index (Phi) is 32.4. The fourth-order valence-corrected chi connectivity index (χ4v) is 25.7. The SMILES string of the molecule is C[Si](C)(C)c1ccc2c(c1)sc1c(-c3cc(C4CCCC4)ccn3)[c-]ccc12.C[Si](C)(C)c1ccc2sc3c(-c4cc(C5CCCC5)ccn4)[c-]ccc3c2c1.C[Si](C)(C)c1cccc2c1sc1c(-c3cc(C4CCCC4)ccn3)[c-]ccc12.Cc1ccc(-c2[c-]cccc2)nc1.Cc1ccc(-c2[c-]cccc2)nc1.Cc1ccc(-c2[c-]cccc2)nc1.[Ir].[Ir].[Ir]. The molecule has 0 aliphatic heterocycles. The summed E-state index contributed by atoms with van der Waals surface area (Å²) < 4.78 is 8.19. The van der Waals surface area contributed by atoms with Gasteiger partial charge in [0, 0.05) is 112 Å². The molecule has 0 saturated heterocycles. The van der Waals surface area contributed by atoms with Crippen LogP contribution >= 0.6 is 34.0 Å². The van der Waals surface area contributed by atoms with Gasteiger partial charge in [-0.3, -0.25) is 0 Å². The minimum absolute atomic E-state index is 0. The van der Waals surface area contributed by atoms with Gasteiger partial charge in [-0.05, 0) is 194 Å². The van der Waals surface area contributed by atoms with Crippen molar-refractivity contribution in [2.24, 2.45) is 0 Å². The van der Waals surface area contributed by atoms with Gasteiger partial charge in [-0.2, -0.15) is 34.0 Å². The molecule has 0 spiro atoms. The second-order valence-electron chi connectivity index (χ2n) is 36.3. The van der Waals surface area contributed by atoms with E-state index in [0.717, 1.165) is 62.0 Å². The van der Waals surface area contributed by atoms with Crippen LogP contribution in [0, 0.1) is 57.2 Å². The number of nitrogens with zero attached hydrogens (tertiary/aromatic N) is 6. The summed E-state index contributed by atoms with van der Waals surface area (Å²) in [6, 6.07) is 103. The van der Waals surface area contributed by atoms with E-state index in [0.29, 0.717) is 17.8 Å². The van der Waals surface area contributed by atoms with Crippen molar-refractivity contribution in [3.05, 3.63) is 344 Å². The average Bonchev–Trinajstić information content (AvgIpc) is 1.61. The van der Waals surface area contributed by atoms with Crippen LogP contribution in [0.4, 0.5) is 0 Å². The first-order chi connectivity index (χ1) is 59.6. The van der Waals surface area contributed by atoms with Gasteiger partial charge in [0.2, 0.25) is 0 Å². The molecule has 3 saturated carbocycles. The monoisotopic (exact) mass is 2280 g/mol. The molecule has 126 heavy (non-hydrogen) atoms. The van der Waals surface area contributed by atoms with Gasteiger partial charge < -0.3 is 29.9 Å². The molecule has 0 N–H and O–H groups in total. The molecule has 15 heteroatoms. The van der Waals surface area contributed by atoms with Gasteiger partial charge in [0.15, 0.2) is 0 Å². The van der Waals surface area contributed by atoms with Gasteiger partial charge in [-0.25, -0.2) is 0 Å². The van der Waals surface area contributed by atoms with E-state index in [-0.39, 0.29) is 60.3 Å². The van der Waals surface area contributed by atoms with Crippen LogP contribution in [-0.4, -0.2) is 54.1 Å². The maximum atomic E-state index is 4.76. The normalized spacial score (nSPS) is 13.5. The van der Waals surface area contributed by atoms with E-state index >= 15 is 0 Å². The Morgan fingerprint density at radius 2 is 0.643 bits per heavy atom. The number of rotatable bonds is 12. The molecule has 0 atom stereocenters. The van der Waals surface area contributed by atoms with Crippen molar-refractivity contribution in [1.82, 2.24) is 29.9 Å². The largest absolute Gasteiger partial charge is 0.305 e. The summed E-state index contributed by atoms with van der Waals surface area (Å²) in [6.07, 6.45) is 27.7. The third-order valence-electron chi connectivity index (χ3n) is 24.2. The van der Waals surface area contributed by atoms with E-state index < -0.39 is 24.2 Å². The van der Waals surface area contributed by atoms with Crippen molar-refractivity contribution in [2.45, 2.75) is 174 Å². The summed E-state index contributed by atoms with van der Waals surface area (Å²) in [6.45, 7) is 27.9. The second kappa shape index (κ2) is 43.0. The van der Waals surface area contributed by atoms with Crippen molar-refractivity contribution >= 4 is 134 Å². The number of hydrogen-bond donors (Lipinski definition) is 0. The summed E-state index contributed by atoms with van der Waals surface area (Å²) in [5.74, 6) is 2.13. The maximum absolute atomic E-state index is 4.76. The second-order valence-corrected chi connectivity index (χ2v) is 54.6. The Hall–Kier alpha value is -8.86. The first-order valence-electron chi connectivity index (χ1n) is 43.8. The zero-order valence-corrected chi connectivity index (χ0v) is 86.7. The Morgan fingerprint density at radius 3 is 1.02 bits per heavy atom. The Balaban J connectivity index is 0.000000133. The minimum atomic E-state index is -1.40. The number of benzene rings is 9. The molecule has 9 heterocycles. The molecule has 6 nitrogen and oxygen atoms in total. The molecule has 3 aliphatic carbocycles. The Bertz CT molecular complexity index is 6350. The third kappa shape index (κ3) is 22.9. The molecule has 3 fully saturated rings. The molecule has 9 aromatic heterocycles. The van der Waals surface area contributed by atoms with Crippen molar-refractivity contribution in [2.75, 3.05) is 0 Å². The standard InChI is InChI=1S/3C25H26NSSi.3C12H10N.3Ir/c1-28(2,3)23-13-7-11-20-19-10-6-12-21(24(19)27-25(20)23)22-16-18(14-15-26-22)17-8-4-5-9-17;1-28(2,3)19-11-12-20-21-9-6-10-22(25(21)27-24(20)16-19)23-15-18(13-14-26-23)17-7-4-5-8-17;1-28(2,3)19-11-12-24-22(16-19)20-9-6-10-21(25(20)27-24)23-15-18(13-14-26-23)17-7-4-5-8-17;3*1-10-7-8-12(13-9-10)11-5-3-2-4-6-11;;;/h6-7,10-11,13-17H,4-5,8-9H2,1-3H3;2*6,9,11-17H,4-5,7-8H2,1-3H3;3*2-5,7-9H,1H3;;;/q6*-1;;;. The topological polar surface area (TPSA) is 77.3 Å². The van der Waals surface area contributed by atoms with E-state index in [1.165, 1.54) is 187 Å². The van der Waals surface area contributed by atoms with Crippen LogP contribution in [0.2, 0.25) is 58.9 Å². The Morgan fingerprint density at radius 1 is 0.278 bits per heavy atom. The number of thiophene rings is 3. The van der Waals surface area contributed by atoms with Gasteiger partial charge in [-0.15, -0.1) is 179 Å². The Labute approximate surface area is 802 Å². The fourth-order valence-electron chi connectivity index (χ4n) is 17.2. The van der Waals surface area contributed by atoms with Crippen LogP contribution < -0.4 is 15.6 Å². The minimum Gasteiger partial charge on any atom is -0.305 e. The number of hydrogen-bond acceptors (Lipinski definition) is 9. The predicted octanol–water partition coefficient (Wildman–Crippen LogP) is 29.9. The van der Waals surface area contributed by atoms with Crippen LogP contribution in [0.3, 0.4) is 0 Å². The quantitative estimate of drug-likeness (QED) is 0.0896. The number of fused-ring (bicyclic) bond motifs is 9. The molecule has 9 aromatic carbocycles. The van der Waals surface area contributed by atoms with E-state index in [1.54, 1.807) is 5.19 Å². The zero-order valence-electron chi connectivity index (χ0n) is 74.1. The van der Waals surface area contributed by atoms with Gasteiger partial charge in [0.1, 0.15) is 0 Å². The van der Waals surface area contributed by atoms with Crippen LogP contribution in [0.1, 0.15) is 128 Å². The van der Waals surface area contributed by atoms with Crippen LogP contribution in [-0.2, 0) is 60.3 Å². The molecule has 0 bridgehead atoms. The molecule has 18 aromatic rings.